The Morgan fingerprint density at radius 2 is 2.11 bits per heavy atom. The van der Waals surface area contributed by atoms with E-state index in [1.165, 1.54) is 32.1 Å². The number of halogens is 1. The number of nitrogens with two attached hydrogens (primary N) is 1. The first kappa shape index (κ1) is 15.0. The third-order valence-electron chi connectivity index (χ3n) is 3.65. The highest BCUT2D eigenvalue weighted by atomic mass is 35.5. The van der Waals surface area contributed by atoms with Crippen LogP contribution in [0.2, 0.25) is 5.02 Å². The van der Waals surface area contributed by atoms with Crippen LogP contribution in [0.5, 0.6) is 5.75 Å². The molecule has 1 unspecified atom stereocenters. The van der Waals surface area contributed by atoms with Gasteiger partial charge in [-0.05, 0) is 31.0 Å². The summed E-state index contributed by atoms with van der Waals surface area (Å²) in [5.74, 6) is 1.77. The van der Waals surface area contributed by atoms with Gasteiger partial charge in [-0.1, -0.05) is 30.9 Å². The Morgan fingerprint density at radius 1 is 1.37 bits per heavy atom. The smallest absolute Gasteiger partial charge is 0.123 e. The van der Waals surface area contributed by atoms with Gasteiger partial charge in [0.2, 0.25) is 0 Å². The van der Waals surface area contributed by atoms with Crippen LogP contribution < -0.4 is 10.5 Å². The van der Waals surface area contributed by atoms with Crippen LogP contribution >= 0.6 is 23.4 Å². The Bertz CT molecular complexity index is 407. The van der Waals surface area contributed by atoms with E-state index in [0.29, 0.717) is 5.02 Å². The molecule has 1 atom stereocenters. The Labute approximate surface area is 125 Å². The SMILES string of the molecule is COc1ccc(Cl)cc1C(N)CSC1CCCCC1. The lowest BCUT2D eigenvalue weighted by molar-refractivity contribution is 0.407. The predicted molar refractivity (Wildman–Crippen MR) is 84.3 cm³/mol. The monoisotopic (exact) mass is 299 g/mol. The third-order valence-corrected chi connectivity index (χ3v) is 5.38. The van der Waals surface area contributed by atoms with Crippen LogP contribution in [-0.4, -0.2) is 18.1 Å². The molecule has 0 spiro atoms. The minimum Gasteiger partial charge on any atom is -0.496 e. The van der Waals surface area contributed by atoms with Crippen LogP contribution in [0.3, 0.4) is 0 Å². The molecule has 2 N–H and O–H groups in total. The van der Waals surface area contributed by atoms with Crippen LogP contribution in [0.25, 0.3) is 0 Å². The van der Waals surface area contributed by atoms with Gasteiger partial charge in [-0.3, -0.25) is 0 Å². The van der Waals surface area contributed by atoms with Crippen molar-refractivity contribution in [1.82, 2.24) is 0 Å². The van der Waals surface area contributed by atoms with E-state index < -0.39 is 0 Å². The molecule has 0 heterocycles. The van der Waals surface area contributed by atoms with Gasteiger partial charge in [0.1, 0.15) is 5.75 Å². The van der Waals surface area contributed by atoms with Crippen LogP contribution in [-0.2, 0) is 0 Å². The summed E-state index contributed by atoms with van der Waals surface area (Å²) in [5.41, 5.74) is 7.31. The van der Waals surface area contributed by atoms with Gasteiger partial charge in [-0.15, -0.1) is 0 Å². The Hall–Kier alpha value is -0.380. The second-order valence-corrected chi connectivity index (χ2v) is 6.86. The molecule has 0 amide bonds. The summed E-state index contributed by atoms with van der Waals surface area (Å²) in [4.78, 5) is 0. The topological polar surface area (TPSA) is 35.2 Å². The Morgan fingerprint density at radius 3 is 2.79 bits per heavy atom. The van der Waals surface area contributed by atoms with Crippen LogP contribution in [0, 0.1) is 0 Å². The Kier molecular flexibility index (Phi) is 5.86. The number of benzene rings is 1. The number of thioether (sulfide) groups is 1. The summed E-state index contributed by atoms with van der Waals surface area (Å²) in [5, 5.41) is 1.50. The summed E-state index contributed by atoms with van der Waals surface area (Å²) < 4.78 is 5.37. The zero-order valence-electron chi connectivity index (χ0n) is 11.4. The molecule has 2 rings (SSSR count). The van der Waals surface area contributed by atoms with Gasteiger partial charge in [0.05, 0.1) is 7.11 Å². The van der Waals surface area contributed by atoms with Crippen molar-refractivity contribution in [1.29, 1.82) is 0 Å². The van der Waals surface area contributed by atoms with Gasteiger partial charge in [0.25, 0.3) is 0 Å². The van der Waals surface area contributed by atoms with Gasteiger partial charge in [0, 0.05) is 27.6 Å². The summed E-state index contributed by atoms with van der Waals surface area (Å²) in [6.45, 7) is 0. The molecule has 1 fully saturated rings. The highest BCUT2D eigenvalue weighted by Crippen LogP contribution is 2.33. The highest BCUT2D eigenvalue weighted by molar-refractivity contribution is 7.99. The fourth-order valence-corrected chi connectivity index (χ4v) is 4.06. The quantitative estimate of drug-likeness (QED) is 0.874. The minimum atomic E-state index is -0.0134. The molecule has 2 nitrogen and oxygen atoms in total. The molecular formula is C15H22ClNOS. The van der Waals surface area contributed by atoms with Crippen molar-refractivity contribution in [3.05, 3.63) is 28.8 Å². The van der Waals surface area contributed by atoms with E-state index in [0.717, 1.165) is 22.3 Å². The minimum absolute atomic E-state index is 0.0134. The van der Waals surface area contributed by atoms with E-state index in [2.05, 4.69) is 0 Å². The van der Waals surface area contributed by atoms with E-state index in [1.54, 1.807) is 7.11 Å². The van der Waals surface area contributed by atoms with E-state index in [9.17, 15) is 0 Å². The molecule has 0 saturated heterocycles. The maximum absolute atomic E-state index is 6.30. The van der Waals surface area contributed by atoms with Crippen molar-refractivity contribution in [2.45, 2.75) is 43.4 Å². The maximum atomic E-state index is 6.30. The number of rotatable bonds is 5. The summed E-state index contributed by atoms with van der Waals surface area (Å²) in [7, 11) is 1.67. The molecule has 106 valence electrons. The molecule has 1 saturated carbocycles. The number of ether oxygens (including phenoxy) is 1. The van der Waals surface area contributed by atoms with Crippen LogP contribution in [0.4, 0.5) is 0 Å². The van der Waals surface area contributed by atoms with Crippen molar-refractivity contribution < 1.29 is 4.74 Å². The summed E-state index contributed by atoms with van der Waals surface area (Å²) in [6.07, 6.45) is 6.81. The molecule has 4 heteroatoms. The normalized spacial score (nSPS) is 18.3. The van der Waals surface area contributed by atoms with Crippen LogP contribution in [0.15, 0.2) is 18.2 Å². The number of hydrogen-bond donors (Lipinski definition) is 1. The summed E-state index contributed by atoms with van der Waals surface area (Å²) in [6, 6.07) is 5.64. The van der Waals surface area contributed by atoms with Gasteiger partial charge >= 0.3 is 0 Å². The van der Waals surface area contributed by atoms with Crippen molar-refractivity contribution in [2.75, 3.05) is 12.9 Å². The summed E-state index contributed by atoms with van der Waals surface area (Å²) >= 11 is 8.05. The predicted octanol–water partition coefficient (Wildman–Crippen LogP) is 4.41. The molecule has 19 heavy (non-hydrogen) atoms. The number of methoxy groups -OCH3 is 1. The van der Waals surface area contributed by atoms with E-state index in [1.807, 2.05) is 30.0 Å². The molecule has 0 bridgehead atoms. The van der Waals surface area contributed by atoms with E-state index >= 15 is 0 Å². The van der Waals surface area contributed by atoms with Crippen molar-refractivity contribution in [2.24, 2.45) is 5.73 Å². The molecule has 1 aliphatic carbocycles. The van der Waals surface area contributed by atoms with Gasteiger partial charge in [0.15, 0.2) is 0 Å². The fraction of sp³-hybridized carbons (Fsp3) is 0.600. The lowest BCUT2D eigenvalue weighted by Crippen LogP contribution is -2.17. The van der Waals surface area contributed by atoms with Crippen molar-refractivity contribution >= 4 is 23.4 Å². The molecular weight excluding hydrogens is 278 g/mol. The zero-order valence-corrected chi connectivity index (χ0v) is 13.0. The average Bonchev–Trinajstić information content (AvgIpc) is 2.46. The maximum Gasteiger partial charge on any atom is 0.123 e. The van der Waals surface area contributed by atoms with Gasteiger partial charge in [-0.2, -0.15) is 11.8 Å². The second-order valence-electron chi connectivity index (χ2n) is 5.09. The van der Waals surface area contributed by atoms with Crippen LogP contribution in [0.1, 0.15) is 43.7 Å². The van der Waals surface area contributed by atoms with Gasteiger partial charge in [-0.25, -0.2) is 0 Å². The van der Waals surface area contributed by atoms with Crippen molar-refractivity contribution in [3.63, 3.8) is 0 Å². The lowest BCUT2D eigenvalue weighted by Gasteiger charge is -2.23. The first-order chi connectivity index (χ1) is 9.20. The zero-order chi connectivity index (χ0) is 13.7. The van der Waals surface area contributed by atoms with Crippen molar-refractivity contribution in [3.8, 4) is 5.75 Å². The second kappa shape index (κ2) is 7.41. The van der Waals surface area contributed by atoms with E-state index in [-0.39, 0.29) is 6.04 Å². The molecule has 1 aliphatic rings. The van der Waals surface area contributed by atoms with E-state index in [4.69, 9.17) is 22.1 Å². The molecule has 0 radical (unpaired) electrons. The average molecular weight is 300 g/mol. The molecule has 0 aliphatic heterocycles. The number of hydrogen-bond acceptors (Lipinski definition) is 3. The highest BCUT2D eigenvalue weighted by Gasteiger charge is 2.18. The fourth-order valence-electron chi connectivity index (χ4n) is 2.56. The first-order valence-electron chi connectivity index (χ1n) is 6.91. The molecule has 0 aromatic heterocycles. The Balaban J connectivity index is 1.94. The lowest BCUT2D eigenvalue weighted by atomic mass is 10.0. The van der Waals surface area contributed by atoms with Gasteiger partial charge < -0.3 is 10.5 Å². The largest absolute Gasteiger partial charge is 0.496 e. The standard InChI is InChI=1S/C15H22ClNOS/c1-18-15-8-7-11(16)9-13(15)14(17)10-19-12-5-3-2-4-6-12/h7-9,12,14H,2-6,10,17H2,1H3. The first-order valence-corrected chi connectivity index (χ1v) is 8.34. The molecule has 1 aromatic rings. The third kappa shape index (κ3) is 4.30. The molecule has 1 aromatic carbocycles.